The summed E-state index contributed by atoms with van der Waals surface area (Å²) in [6, 6.07) is 10.9. The summed E-state index contributed by atoms with van der Waals surface area (Å²) in [5.41, 5.74) is 0.958. The number of amides is 4. The van der Waals surface area contributed by atoms with Crippen molar-refractivity contribution in [2.24, 2.45) is 0 Å². The first-order valence-corrected chi connectivity index (χ1v) is 13.4. The quantitative estimate of drug-likeness (QED) is 0.357. The number of likely N-dealkylation sites (N-methyl/N-ethyl adjacent to an activating group) is 1. The third-order valence-corrected chi connectivity index (χ3v) is 6.54. The lowest BCUT2D eigenvalue weighted by atomic mass is 10.0. The molecule has 0 spiro atoms. The molecule has 2 aromatic rings. The molecule has 0 aliphatic carbocycles. The summed E-state index contributed by atoms with van der Waals surface area (Å²) in [7, 11) is 5.56. The van der Waals surface area contributed by atoms with Crippen LogP contribution in [0.4, 0.5) is 0 Å². The third kappa shape index (κ3) is 9.26. The van der Waals surface area contributed by atoms with Gasteiger partial charge in [0.15, 0.2) is 0 Å². The van der Waals surface area contributed by atoms with Crippen LogP contribution in [0.25, 0.3) is 0 Å². The Hall–Kier alpha value is -4.12. The Balaban J connectivity index is 1.83. The van der Waals surface area contributed by atoms with Crippen molar-refractivity contribution < 1.29 is 29.0 Å². The Bertz CT molecular complexity index is 1170. The van der Waals surface area contributed by atoms with Gasteiger partial charge in [0.1, 0.15) is 30.2 Å². The van der Waals surface area contributed by atoms with Crippen molar-refractivity contribution in [1.29, 1.82) is 0 Å². The van der Waals surface area contributed by atoms with Crippen LogP contribution < -0.4 is 20.7 Å². The van der Waals surface area contributed by atoms with Crippen molar-refractivity contribution in [3.05, 3.63) is 59.7 Å². The van der Waals surface area contributed by atoms with E-state index in [0.29, 0.717) is 12.3 Å². The molecule has 1 aliphatic rings. The molecule has 216 valence electrons. The maximum absolute atomic E-state index is 13.3. The number of para-hydroxylation sites is 1. The molecule has 0 aromatic heterocycles. The monoisotopic (exact) mass is 553 g/mol. The molecule has 11 heteroatoms. The predicted octanol–water partition coefficient (Wildman–Crippen LogP) is 0.917. The minimum Gasteiger partial charge on any atom is -0.508 e. The lowest BCUT2D eigenvalue weighted by molar-refractivity contribution is -0.136. The number of carbonyl (C=O) groups is 4. The summed E-state index contributed by atoms with van der Waals surface area (Å²) in [5, 5.41) is 17.9. The highest BCUT2D eigenvalue weighted by Gasteiger charge is 2.30. The van der Waals surface area contributed by atoms with Gasteiger partial charge in [-0.15, -0.1) is 0 Å². The Morgan fingerprint density at radius 2 is 1.80 bits per heavy atom. The van der Waals surface area contributed by atoms with Crippen molar-refractivity contribution in [3.63, 3.8) is 0 Å². The van der Waals surface area contributed by atoms with E-state index in [1.54, 1.807) is 43.4 Å². The first-order chi connectivity index (χ1) is 19.1. The highest BCUT2D eigenvalue weighted by Crippen LogP contribution is 2.19. The van der Waals surface area contributed by atoms with E-state index in [0.717, 1.165) is 24.9 Å². The third-order valence-electron chi connectivity index (χ3n) is 6.54. The van der Waals surface area contributed by atoms with Gasteiger partial charge in [0.2, 0.25) is 17.7 Å². The molecule has 1 aliphatic heterocycles. The second-order valence-corrected chi connectivity index (χ2v) is 10.1. The van der Waals surface area contributed by atoms with Crippen LogP contribution in [0.5, 0.6) is 11.5 Å². The van der Waals surface area contributed by atoms with Gasteiger partial charge in [-0.2, -0.15) is 0 Å². The molecular formula is C29H39N5O6. The molecule has 0 fully saturated rings. The molecule has 0 saturated heterocycles. The number of benzene rings is 2. The number of hydrogen-bond donors (Lipinski definition) is 4. The second-order valence-electron chi connectivity index (χ2n) is 10.1. The van der Waals surface area contributed by atoms with Gasteiger partial charge in [-0.1, -0.05) is 24.3 Å². The molecule has 0 bridgehead atoms. The van der Waals surface area contributed by atoms with E-state index < -0.39 is 29.8 Å². The molecular weight excluding hydrogens is 514 g/mol. The topological polar surface area (TPSA) is 140 Å². The van der Waals surface area contributed by atoms with Gasteiger partial charge >= 0.3 is 0 Å². The normalized spacial score (nSPS) is 18.7. The molecule has 3 rings (SSSR count). The fourth-order valence-corrected chi connectivity index (χ4v) is 4.29. The van der Waals surface area contributed by atoms with Crippen molar-refractivity contribution in [1.82, 2.24) is 25.8 Å². The van der Waals surface area contributed by atoms with Crippen LogP contribution in [-0.2, 0) is 20.8 Å². The number of unbranched alkanes of at least 4 members (excludes halogenated alkanes) is 1. The molecule has 0 saturated carbocycles. The number of aromatic hydroxyl groups is 1. The van der Waals surface area contributed by atoms with Crippen LogP contribution in [0.2, 0.25) is 0 Å². The van der Waals surface area contributed by atoms with Gasteiger partial charge in [0.05, 0.1) is 18.5 Å². The van der Waals surface area contributed by atoms with E-state index in [1.807, 2.05) is 14.1 Å². The smallest absolute Gasteiger partial charge is 0.255 e. The first kappa shape index (κ1) is 30.4. The molecule has 1 heterocycles. The molecule has 0 radical (unpaired) electrons. The van der Waals surface area contributed by atoms with Gasteiger partial charge in [-0.05, 0) is 63.3 Å². The second kappa shape index (κ2) is 14.9. The highest BCUT2D eigenvalue weighted by atomic mass is 16.5. The lowest BCUT2D eigenvalue weighted by Gasteiger charge is -2.27. The van der Waals surface area contributed by atoms with Crippen LogP contribution in [0.15, 0.2) is 48.5 Å². The summed E-state index contributed by atoms with van der Waals surface area (Å²) >= 11 is 0. The molecule has 40 heavy (non-hydrogen) atoms. The number of phenols is 1. The van der Waals surface area contributed by atoms with E-state index >= 15 is 0 Å². The highest BCUT2D eigenvalue weighted by molar-refractivity contribution is 6.01. The maximum atomic E-state index is 13.3. The molecule has 2 aromatic carbocycles. The molecule has 0 unspecified atom stereocenters. The van der Waals surface area contributed by atoms with Crippen LogP contribution >= 0.6 is 0 Å². The predicted molar refractivity (Wildman–Crippen MR) is 150 cm³/mol. The summed E-state index contributed by atoms with van der Waals surface area (Å²) in [4.78, 5) is 56.4. The Morgan fingerprint density at radius 1 is 1.07 bits per heavy atom. The van der Waals surface area contributed by atoms with Crippen LogP contribution in [0.1, 0.15) is 35.2 Å². The largest absolute Gasteiger partial charge is 0.508 e. The van der Waals surface area contributed by atoms with E-state index in [9.17, 15) is 24.3 Å². The summed E-state index contributed by atoms with van der Waals surface area (Å²) < 4.78 is 5.84. The number of hydrogen-bond acceptors (Lipinski definition) is 7. The van der Waals surface area contributed by atoms with Crippen molar-refractivity contribution >= 4 is 23.6 Å². The molecule has 11 nitrogen and oxygen atoms in total. The molecule has 4 N–H and O–H groups in total. The van der Waals surface area contributed by atoms with Gasteiger partial charge in [0.25, 0.3) is 5.91 Å². The lowest BCUT2D eigenvalue weighted by Crippen LogP contribution is -2.53. The van der Waals surface area contributed by atoms with Gasteiger partial charge < -0.3 is 35.6 Å². The summed E-state index contributed by atoms with van der Waals surface area (Å²) in [5.74, 6) is -1.52. The van der Waals surface area contributed by atoms with Crippen molar-refractivity contribution in [2.45, 2.75) is 37.8 Å². The Kier molecular flexibility index (Phi) is 11.3. The van der Waals surface area contributed by atoms with E-state index in [-0.39, 0.29) is 43.2 Å². The average molecular weight is 554 g/mol. The van der Waals surface area contributed by atoms with Crippen LogP contribution in [-0.4, -0.2) is 98.0 Å². The number of nitrogens with one attached hydrogen (secondary N) is 3. The van der Waals surface area contributed by atoms with Crippen LogP contribution in [0.3, 0.4) is 0 Å². The Labute approximate surface area is 234 Å². The zero-order valence-corrected chi connectivity index (χ0v) is 23.3. The zero-order valence-electron chi connectivity index (χ0n) is 23.3. The summed E-state index contributed by atoms with van der Waals surface area (Å²) in [6.45, 7) is 1.60. The summed E-state index contributed by atoms with van der Waals surface area (Å²) in [6.07, 6.45) is 1.43. The van der Waals surface area contributed by atoms with Crippen molar-refractivity contribution in [3.8, 4) is 11.5 Å². The molecule has 4 amide bonds. The number of rotatable bonds is 8. The number of phenolic OH excluding ortho intramolecular Hbond substituents is 1. The van der Waals surface area contributed by atoms with Gasteiger partial charge in [-0.25, -0.2) is 0 Å². The number of fused-ring (bicyclic) bond motifs is 1. The van der Waals surface area contributed by atoms with E-state index in [2.05, 4.69) is 20.9 Å². The molecule has 2 atom stereocenters. The zero-order chi connectivity index (χ0) is 29.1. The van der Waals surface area contributed by atoms with Gasteiger partial charge in [0, 0.05) is 20.0 Å². The fraction of sp³-hybridized carbons (Fsp3) is 0.448. The SMILES string of the molecule is CN(C)CCCCNC(=O)[C@@H]1CC(=O)N[C@@H](Cc2ccc(O)cc2)C(=O)N(C)CCOc2ccccc2C(=O)N1. The average Bonchev–Trinajstić information content (AvgIpc) is 2.92. The maximum Gasteiger partial charge on any atom is 0.255 e. The van der Waals surface area contributed by atoms with Crippen LogP contribution in [0, 0.1) is 0 Å². The fourth-order valence-electron chi connectivity index (χ4n) is 4.29. The minimum atomic E-state index is -1.17. The van der Waals surface area contributed by atoms with Gasteiger partial charge in [-0.3, -0.25) is 19.2 Å². The minimum absolute atomic E-state index is 0.0889. The van der Waals surface area contributed by atoms with E-state index in [4.69, 9.17) is 4.74 Å². The standard InChI is InChI=1S/C29H39N5O6/c1-33(2)15-7-6-14-30-28(38)23-19-26(36)31-24(18-20-10-12-21(35)13-11-20)29(39)34(3)16-17-40-25-9-5-4-8-22(25)27(37)32-23/h4-5,8-13,23-24,35H,6-7,14-19H2,1-3H3,(H,30,38)(H,31,36)(H,32,37)/t23-,24-/m0/s1. The number of carbonyl (C=O) groups excluding carboxylic acids is 4. The van der Waals surface area contributed by atoms with E-state index in [1.165, 1.54) is 17.0 Å². The number of nitrogens with zero attached hydrogens (tertiary/aromatic N) is 2. The van der Waals surface area contributed by atoms with Crippen molar-refractivity contribution in [2.75, 3.05) is 47.4 Å². The number of ether oxygens (including phenoxy) is 1. The Morgan fingerprint density at radius 3 is 2.52 bits per heavy atom. The first-order valence-electron chi connectivity index (χ1n) is 13.4.